The Hall–Kier alpha value is -1.02. The van der Waals surface area contributed by atoms with E-state index >= 15 is 0 Å². The molecule has 0 amide bonds. The second-order valence-corrected chi connectivity index (χ2v) is 5.93. The van der Waals surface area contributed by atoms with Crippen molar-refractivity contribution < 1.29 is 9.84 Å². The van der Waals surface area contributed by atoms with Crippen LogP contribution in [-0.2, 0) is 6.42 Å². The second kappa shape index (κ2) is 6.42. The molecule has 0 heterocycles. The van der Waals surface area contributed by atoms with Gasteiger partial charge in [-0.1, -0.05) is 31.0 Å². The predicted octanol–water partition coefficient (Wildman–Crippen LogP) is 3.73. The molecule has 0 aliphatic heterocycles. The summed E-state index contributed by atoms with van der Waals surface area (Å²) < 4.78 is 5.45. The molecule has 1 aliphatic carbocycles. The number of benzene rings is 1. The van der Waals surface area contributed by atoms with Gasteiger partial charge in [0.05, 0.1) is 13.2 Å². The maximum absolute atomic E-state index is 10.2. The largest absolute Gasteiger partial charge is 0.496 e. The zero-order valence-electron chi connectivity index (χ0n) is 12.4. The first-order chi connectivity index (χ1) is 9.13. The van der Waals surface area contributed by atoms with Crippen LogP contribution in [0.1, 0.15) is 43.7 Å². The maximum Gasteiger partial charge on any atom is 0.122 e. The highest BCUT2D eigenvalue weighted by molar-refractivity contribution is 5.37. The summed E-state index contributed by atoms with van der Waals surface area (Å²) in [7, 11) is 1.72. The van der Waals surface area contributed by atoms with Crippen molar-refractivity contribution in [3.63, 3.8) is 0 Å². The third-order valence-electron chi connectivity index (χ3n) is 4.55. The highest BCUT2D eigenvalue weighted by Crippen LogP contribution is 2.35. The molecule has 1 N–H and O–H groups in total. The number of aryl methyl sites for hydroxylation is 1. The lowest BCUT2D eigenvalue weighted by Crippen LogP contribution is -2.30. The molecule has 3 unspecified atom stereocenters. The number of aliphatic hydroxyl groups is 1. The van der Waals surface area contributed by atoms with Gasteiger partial charge in [-0.3, -0.25) is 0 Å². The van der Waals surface area contributed by atoms with E-state index in [2.05, 4.69) is 26.0 Å². The lowest BCUT2D eigenvalue weighted by molar-refractivity contribution is 0.0472. The predicted molar refractivity (Wildman–Crippen MR) is 78.6 cm³/mol. The van der Waals surface area contributed by atoms with Crippen LogP contribution in [0.2, 0.25) is 0 Å². The summed E-state index contributed by atoms with van der Waals surface area (Å²) in [5.74, 6) is 2.12. The van der Waals surface area contributed by atoms with Crippen LogP contribution in [0.15, 0.2) is 18.2 Å². The molecule has 1 aliphatic rings. The summed E-state index contributed by atoms with van der Waals surface area (Å²) in [5.41, 5.74) is 2.50. The number of rotatable bonds is 4. The van der Waals surface area contributed by atoms with E-state index in [4.69, 9.17) is 4.74 Å². The van der Waals surface area contributed by atoms with Crippen LogP contribution < -0.4 is 4.74 Å². The Balaban J connectivity index is 2.12. The van der Waals surface area contributed by atoms with Crippen LogP contribution in [0.5, 0.6) is 5.75 Å². The summed E-state index contributed by atoms with van der Waals surface area (Å²) in [6.45, 7) is 4.36. The molecular weight excluding hydrogens is 236 g/mol. The number of ether oxygens (including phenoxy) is 1. The minimum atomic E-state index is -0.145. The summed E-state index contributed by atoms with van der Waals surface area (Å²) in [4.78, 5) is 0. The van der Waals surface area contributed by atoms with Crippen molar-refractivity contribution in [3.8, 4) is 5.75 Å². The summed E-state index contributed by atoms with van der Waals surface area (Å²) in [6, 6.07) is 6.31. The van der Waals surface area contributed by atoms with Gasteiger partial charge < -0.3 is 9.84 Å². The molecule has 2 rings (SSSR count). The molecule has 19 heavy (non-hydrogen) atoms. The molecule has 0 saturated heterocycles. The van der Waals surface area contributed by atoms with Gasteiger partial charge in [0.1, 0.15) is 5.75 Å². The molecular formula is C17H26O2. The van der Waals surface area contributed by atoms with Gasteiger partial charge in [-0.2, -0.15) is 0 Å². The van der Waals surface area contributed by atoms with Gasteiger partial charge in [0.15, 0.2) is 0 Å². The highest BCUT2D eigenvalue weighted by Gasteiger charge is 2.29. The number of aliphatic hydroxyl groups excluding tert-OH is 1. The molecule has 0 aromatic heterocycles. The van der Waals surface area contributed by atoms with E-state index in [0.717, 1.165) is 30.9 Å². The molecule has 2 nitrogen and oxygen atoms in total. The average Bonchev–Trinajstić information content (AvgIpc) is 2.41. The van der Waals surface area contributed by atoms with Crippen LogP contribution in [0.3, 0.4) is 0 Å². The van der Waals surface area contributed by atoms with E-state index in [1.165, 1.54) is 24.0 Å². The van der Waals surface area contributed by atoms with Crippen molar-refractivity contribution in [2.75, 3.05) is 7.11 Å². The van der Waals surface area contributed by atoms with Crippen LogP contribution in [0.25, 0.3) is 0 Å². The Morgan fingerprint density at radius 3 is 2.79 bits per heavy atom. The Morgan fingerprint density at radius 2 is 2.11 bits per heavy atom. The summed E-state index contributed by atoms with van der Waals surface area (Å²) >= 11 is 0. The Kier molecular flexibility index (Phi) is 4.87. The van der Waals surface area contributed by atoms with Gasteiger partial charge >= 0.3 is 0 Å². The van der Waals surface area contributed by atoms with Gasteiger partial charge in [0.2, 0.25) is 0 Å². The van der Waals surface area contributed by atoms with Gasteiger partial charge in [-0.15, -0.1) is 0 Å². The number of methoxy groups -OCH3 is 1. The topological polar surface area (TPSA) is 29.5 Å². The molecule has 1 saturated carbocycles. The zero-order valence-corrected chi connectivity index (χ0v) is 12.4. The van der Waals surface area contributed by atoms with Crippen molar-refractivity contribution in [2.24, 2.45) is 11.8 Å². The fourth-order valence-electron chi connectivity index (χ4n) is 3.28. The quantitative estimate of drug-likeness (QED) is 0.896. The molecule has 1 aromatic rings. The minimum Gasteiger partial charge on any atom is -0.496 e. The second-order valence-electron chi connectivity index (χ2n) is 5.93. The van der Waals surface area contributed by atoms with Crippen molar-refractivity contribution in [1.82, 2.24) is 0 Å². The maximum atomic E-state index is 10.2. The van der Waals surface area contributed by atoms with Crippen molar-refractivity contribution in [1.29, 1.82) is 0 Å². The van der Waals surface area contributed by atoms with Gasteiger partial charge in [-0.05, 0) is 56.1 Å². The van der Waals surface area contributed by atoms with E-state index < -0.39 is 0 Å². The first-order valence-electron chi connectivity index (χ1n) is 7.45. The minimum absolute atomic E-state index is 0.145. The van der Waals surface area contributed by atoms with Crippen molar-refractivity contribution in [3.05, 3.63) is 29.3 Å². The zero-order chi connectivity index (χ0) is 13.8. The van der Waals surface area contributed by atoms with Gasteiger partial charge in [0, 0.05) is 0 Å². The molecule has 106 valence electrons. The Bertz CT molecular complexity index is 414. The smallest absolute Gasteiger partial charge is 0.122 e. The molecule has 2 heteroatoms. The van der Waals surface area contributed by atoms with Gasteiger partial charge in [-0.25, -0.2) is 0 Å². The molecule has 0 radical (unpaired) electrons. The van der Waals surface area contributed by atoms with Gasteiger partial charge in [0.25, 0.3) is 0 Å². The van der Waals surface area contributed by atoms with Crippen LogP contribution in [-0.4, -0.2) is 18.3 Å². The Labute approximate surface area is 116 Å². The van der Waals surface area contributed by atoms with Crippen molar-refractivity contribution in [2.45, 2.75) is 52.1 Å². The first-order valence-corrected chi connectivity index (χ1v) is 7.45. The van der Waals surface area contributed by atoms with E-state index in [-0.39, 0.29) is 6.10 Å². The number of hydrogen-bond donors (Lipinski definition) is 1. The third kappa shape index (κ3) is 3.50. The van der Waals surface area contributed by atoms with Crippen molar-refractivity contribution >= 4 is 0 Å². The Morgan fingerprint density at radius 1 is 1.32 bits per heavy atom. The van der Waals surface area contributed by atoms with Crippen LogP contribution in [0.4, 0.5) is 0 Å². The molecule has 3 atom stereocenters. The summed E-state index contributed by atoms with van der Waals surface area (Å²) in [5, 5.41) is 10.2. The standard InChI is InChI=1S/C17H26O2/c1-4-13-6-7-16(18)14(10-13)11-15-9-12(2)5-8-17(15)19-3/h5,8-9,13-14,16,18H,4,6-7,10-11H2,1-3H3. The van der Waals surface area contributed by atoms with Crippen LogP contribution >= 0.6 is 0 Å². The van der Waals surface area contributed by atoms with E-state index in [9.17, 15) is 5.11 Å². The van der Waals surface area contributed by atoms with E-state index in [0.29, 0.717) is 5.92 Å². The SMILES string of the molecule is CCC1CCC(O)C(Cc2cc(C)ccc2OC)C1. The molecule has 0 spiro atoms. The lowest BCUT2D eigenvalue weighted by Gasteiger charge is -2.33. The fraction of sp³-hybridized carbons (Fsp3) is 0.647. The third-order valence-corrected chi connectivity index (χ3v) is 4.55. The fourth-order valence-corrected chi connectivity index (χ4v) is 3.28. The first kappa shape index (κ1) is 14.4. The number of hydrogen-bond acceptors (Lipinski definition) is 2. The normalized spacial score (nSPS) is 27.3. The summed E-state index contributed by atoms with van der Waals surface area (Å²) in [6.07, 6.45) is 5.30. The van der Waals surface area contributed by atoms with E-state index in [1.54, 1.807) is 7.11 Å². The average molecular weight is 262 g/mol. The monoisotopic (exact) mass is 262 g/mol. The molecule has 1 aromatic carbocycles. The molecule has 0 bridgehead atoms. The highest BCUT2D eigenvalue weighted by atomic mass is 16.5. The molecule has 1 fully saturated rings. The lowest BCUT2D eigenvalue weighted by atomic mass is 9.75. The van der Waals surface area contributed by atoms with Crippen LogP contribution in [0, 0.1) is 18.8 Å². The van der Waals surface area contributed by atoms with E-state index in [1.807, 2.05) is 6.07 Å².